The van der Waals surface area contributed by atoms with Crippen LogP contribution in [0.2, 0.25) is 0 Å². The van der Waals surface area contributed by atoms with E-state index in [1.165, 1.54) is 0 Å². The predicted octanol–water partition coefficient (Wildman–Crippen LogP) is 3.24. The molecule has 1 N–H and O–H groups in total. The molecule has 3 aromatic carbocycles. The molecule has 0 saturated carbocycles. The number of aromatic nitrogens is 2. The van der Waals surface area contributed by atoms with Gasteiger partial charge in [-0.15, -0.1) is 0 Å². The maximum absolute atomic E-state index is 12.9. The molecule has 154 valence electrons. The number of fused-ring (bicyclic) bond motifs is 1. The maximum atomic E-state index is 12.9. The van der Waals surface area contributed by atoms with E-state index in [2.05, 4.69) is 13.0 Å². The van der Waals surface area contributed by atoms with Crippen LogP contribution in [0.3, 0.4) is 0 Å². The van der Waals surface area contributed by atoms with Crippen molar-refractivity contribution in [3.63, 3.8) is 0 Å². The van der Waals surface area contributed by atoms with Gasteiger partial charge in [-0.3, -0.25) is 10.2 Å². The molecule has 2 radical (unpaired) electrons. The average molecular weight is 409 g/mol. The predicted molar refractivity (Wildman–Crippen MR) is 123 cm³/mol. The van der Waals surface area contributed by atoms with E-state index in [0.29, 0.717) is 24.2 Å². The summed E-state index contributed by atoms with van der Waals surface area (Å²) in [7, 11) is 5.74. The number of nitrogens with zero attached hydrogens (tertiary/aromatic N) is 2. The molecular weight excluding hydrogens is 385 g/mol. The second-order valence-electron chi connectivity index (χ2n) is 7.41. The Hall–Kier alpha value is -3.54. The maximum Gasteiger partial charge on any atom is 0.203 e. The van der Waals surface area contributed by atoms with Crippen LogP contribution in [0.5, 0.6) is 5.75 Å². The first-order valence-electron chi connectivity index (χ1n) is 10.4. The van der Waals surface area contributed by atoms with Gasteiger partial charge in [0.2, 0.25) is 5.62 Å². The smallest absolute Gasteiger partial charge is 0.203 e. The molecule has 0 bridgehead atoms. The van der Waals surface area contributed by atoms with Crippen molar-refractivity contribution >= 4 is 30.1 Å². The minimum Gasteiger partial charge on any atom is -0.492 e. The first-order chi connectivity index (χ1) is 15.1. The Balaban J connectivity index is 1.67. The van der Waals surface area contributed by atoms with Crippen molar-refractivity contribution in [2.75, 3.05) is 6.61 Å². The highest BCUT2D eigenvalue weighted by Crippen LogP contribution is 2.20. The molecule has 0 atom stereocenters. The number of rotatable bonds is 8. The van der Waals surface area contributed by atoms with Gasteiger partial charge in [-0.1, -0.05) is 67.0 Å². The molecule has 0 aliphatic carbocycles. The van der Waals surface area contributed by atoms with Gasteiger partial charge in [0.25, 0.3) is 0 Å². The Morgan fingerprint density at radius 1 is 0.968 bits per heavy atom. The fraction of sp³-hybridized carbons (Fsp3) is 0.200. The molecule has 0 saturated heterocycles. The third-order valence-electron chi connectivity index (χ3n) is 5.41. The van der Waals surface area contributed by atoms with Gasteiger partial charge in [0.05, 0.1) is 24.1 Å². The number of imidazole rings is 1. The van der Waals surface area contributed by atoms with Crippen molar-refractivity contribution in [3.05, 3.63) is 89.5 Å². The van der Waals surface area contributed by atoms with Crippen molar-refractivity contribution in [2.24, 2.45) is 0 Å². The first kappa shape index (κ1) is 20.7. The summed E-state index contributed by atoms with van der Waals surface area (Å²) in [6, 6.07) is 22.6. The third kappa shape index (κ3) is 4.33. The van der Waals surface area contributed by atoms with E-state index in [4.69, 9.17) is 18.0 Å². The Bertz CT molecular complexity index is 1260. The van der Waals surface area contributed by atoms with Gasteiger partial charge in [-0.05, 0) is 30.2 Å². The van der Waals surface area contributed by atoms with Crippen LogP contribution in [0.4, 0.5) is 0 Å². The zero-order valence-corrected chi connectivity index (χ0v) is 17.5. The second kappa shape index (κ2) is 9.08. The lowest BCUT2D eigenvalue weighted by molar-refractivity contribution is 0.0971. The molecule has 0 amide bonds. The lowest BCUT2D eigenvalue weighted by atomic mass is 9.94. The van der Waals surface area contributed by atoms with Crippen LogP contribution in [0.15, 0.2) is 72.8 Å². The first-order valence-corrected chi connectivity index (χ1v) is 10.4. The van der Waals surface area contributed by atoms with Crippen LogP contribution in [0.25, 0.3) is 11.0 Å². The molecule has 6 heteroatoms. The molecule has 5 nitrogen and oxygen atoms in total. The van der Waals surface area contributed by atoms with E-state index in [1.807, 2.05) is 47.0 Å². The standard InChI is InChI=1S/C25H24BN3O2/c1-2-18-7-6-10-22-24(18)28(15-16-31-21-8-4-3-5-9-21)25(27)29(22)17-23(30)19-11-13-20(26)14-12-19/h3-14,27H,2,15-17H2,1H3. The van der Waals surface area contributed by atoms with Crippen molar-refractivity contribution < 1.29 is 9.53 Å². The summed E-state index contributed by atoms with van der Waals surface area (Å²) in [5, 5.41) is 8.82. The summed E-state index contributed by atoms with van der Waals surface area (Å²) in [4.78, 5) is 12.9. The highest BCUT2D eigenvalue weighted by atomic mass is 16.5. The molecule has 1 heterocycles. The van der Waals surface area contributed by atoms with Gasteiger partial charge in [-0.25, -0.2) is 0 Å². The van der Waals surface area contributed by atoms with Gasteiger partial charge < -0.3 is 13.9 Å². The van der Waals surface area contributed by atoms with Crippen molar-refractivity contribution in [1.29, 1.82) is 5.41 Å². The quantitative estimate of drug-likeness (QED) is 0.359. The number of para-hydroxylation sites is 2. The normalized spacial score (nSPS) is 11.0. The van der Waals surface area contributed by atoms with Gasteiger partial charge in [0.15, 0.2) is 5.78 Å². The molecule has 4 rings (SSSR count). The second-order valence-corrected chi connectivity index (χ2v) is 7.41. The minimum atomic E-state index is -0.0556. The number of carbonyl (C=O) groups excluding carboxylic acids is 1. The number of ether oxygens (including phenoxy) is 1. The molecule has 0 fully saturated rings. The summed E-state index contributed by atoms with van der Waals surface area (Å²) in [6.07, 6.45) is 0.840. The lowest BCUT2D eigenvalue weighted by Gasteiger charge is -2.09. The van der Waals surface area contributed by atoms with E-state index in [-0.39, 0.29) is 17.9 Å². The van der Waals surface area contributed by atoms with E-state index in [0.717, 1.165) is 28.8 Å². The van der Waals surface area contributed by atoms with Crippen LogP contribution in [0.1, 0.15) is 22.8 Å². The summed E-state index contributed by atoms with van der Waals surface area (Å²) < 4.78 is 9.58. The largest absolute Gasteiger partial charge is 0.492 e. The van der Waals surface area contributed by atoms with Crippen molar-refractivity contribution in [1.82, 2.24) is 9.13 Å². The van der Waals surface area contributed by atoms with E-state index < -0.39 is 0 Å². The number of hydrogen-bond donors (Lipinski definition) is 1. The average Bonchev–Trinajstić information content (AvgIpc) is 3.06. The van der Waals surface area contributed by atoms with Crippen LogP contribution in [0, 0.1) is 5.41 Å². The zero-order valence-electron chi connectivity index (χ0n) is 17.5. The monoisotopic (exact) mass is 409 g/mol. The number of aryl methyl sites for hydroxylation is 1. The number of benzene rings is 3. The number of carbonyl (C=O) groups is 1. The molecular formula is C25H24BN3O2. The van der Waals surface area contributed by atoms with Crippen molar-refractivity contribution in [2.45, 2.75) is 26.4 Å². The Morgan fingerprint density at radius 2 is 1.71 bits per heavy atom. The van der Waals surface area contributed by atoms with Crippen LogP contribution in [-0.2, 0) is 19.5 Å². The van der Waals surface area contributed by atoms with E-state index >= 15 is 0 Å². The Labute approximate surface area is 182 Å². The lowest BCUT2D eigenvalue weighted by Crippen LogP contribution is -2.29. The highest BCUT2D eigenvalue weighted by molar-refractivity contribution is 6.32. The van der Waals surface area contributed by atoms with E-state index in [1.54, 1.807) is 28.8 Å². The Kier molecular flexibility index (Phi) is 6.07. The third-order valence-corrected chi connectivity index (χ3v) is 5.41. The number of hydrogen-bond acceptors (Lipinski definition) is 3. The number of ketones is 1. The zero-order chi connectivity index (χ0) is 21.8. The van der Waals surface area contributed by atoms with Gasteiger partial charge in [-0.2, -0.15) is 0 Å². The summed E-state index contributed by atoms with van der Waals surface area (Å²) in [5.41, 5.74) is 4.50. The SMILES string of the molecule is [B]c1ccc(C(=O)Cn2c(=N)n(CCOc3ccccc3)c3c(CC)cccc32)cc1. The fourth-order valence-corrected chi connectivity index (χ4v) is 3.81. The number of nitrogens with one attached hydrogen (secondary N) is 1. The topological polar surface area (TPSA) is 60.0 Å². The van der Waals surface area contributed by atoms with Gasteiger partial charge in [0, 0.05) is 5.56 Å². The van der Waals surface area contributed by atoms with Crippen molar-refractivity contribution in [3.8, 4) is 5.75 Å². The van der Waals surface area contributed by atoms with Gasteiger partial charge in [0.1, 0.15) is 20.2 Å². The summed E-state index contributed by atoms with van der Waals surface area (Å²) >= 11 is 0. The number of Topliss-reactive ketones (excluding diaryl/α,β-unsaturated/α-hetero) is 1. The molecule has 0 aliphatic rings. The minimum absolute atomic E-state index is 0.0556. The molecule has 0 unspecified atom stereocenters. The van der Waals surface area contributed by atoms with Gasteiger partial charge >= 0.3 is 0 Å². The molecule has 0 spiro atoms. The van der Waals surface area contributed by atoms with Crippen LogP contribution >= 0.6 is 0 Å². The summed E-state index contributed by atoms with van der Waals surface area (Å²) in [5.74, 6) is 0.743. The fourth-order valence-electron chi connectivity index (χ4n) is 3.81. The molecule has 0 aliphatic heterocycles. The summed E-state index contributed by atoms with van der Waals surface area (Å²) in [6.45, 7) is 3.15. The van der Waals surface area contributed by atoms with Crippen LogP contribution in [-0.4, -0.2) is 29.4 Å². The molecule has 31 heavy (non-hydrogen) atoms. The Morgan fingerprint density at radius 3 is 2.42 bits per heavy atom. The van der Waals surface area contributed by atoms with E-state index in [9.17, 15) is 4.79 Å². The highest BCUT2D eigenvalue weighted by Gasteiger charge is 2.16. The molecule has 4 aromatic rings. The van der Waals surface area contributed by atoms with Crippen LogP contribution < -0.4 is 15.8 Å². The molecule has 1 aromatic heterocycles.